The number of nitrogen functional groups attached to an aromatic ring is 1. The third-order valence-corrected chi connectivity index (χ3v) is 9.61. The average molecular weight is 674 g/mol. The Balaban J connectivity index is 1.27. The smallest absolute Gasteiger partial charge is 0.459 e. The highest BCUT2D eigenvalue weighted by Crippen LogP contribution is 2.46. The summed E-state index contributed by atoms with van der Waals surface area (Å²) in [5.41, 5.74) is 7.92. The van der Waals surface area contributed by atoms with Gasteiger partial charge in [-0.1, -0.05) is 24.3 Å². The number of fused-ring (bicyclic) bond motifs is 1. The average Bonchev–Trinajstić information content (AvgIpc) is 3.58. The number of methoxy groups -OCH3 is 4. The predicted octanol–water partition coefficient (Wildman–Crippen LogP) is 3.16. The van der Waals surface area contributed by atoms with E-state index in [1.54, 1.807) is 30.6 Å². The Hall–Kier alpha value is -4.08. The Morgan fingerprint density at radius 3 is 2.45 bits per heavy atom. The van der Waals surface area contributed by atoms with Crippen molar-refractivity contribution in [2.45, 2.75) is 56.5 Å². The number of hydrogen-bond donors (Lipinski definition) is 3. The van der Waals surface area contributed by atoms with E-state index >= 15 is 0 Å². The minimum atomic E-state index is -4.12. The first-order valence-electron chi connectivity index (χ1n) is 15.0. The zero-order valence-electron chi connectivity index (χ0n) is 26.9. The minimum Gasteiger partial charge on any atom is -0.468 e. The van der Waals surface area contributed by atoms with Crippen molar-refractivity contribution in [1.29, 1.82) is 0 Å². The molecule has 5 rings (SSSR count). The molecule has 0 aliphatic heterocycles. The van der Waals surface area contributed by atoms with Crippen molar-refractivity contribution in [3.8, 4) is 5.75 Å². The molecular formula is C30H40N7O9P. The Kier molecular flexibility index (Phi) is 10.5. The second-order valence-electron chi connectivity index (χ2n) is 11.4. The molecule has 2 aromatic heterocycles. The SMILES string of the molecule is COC(=O)[C@H](C)NP(=O)(OC[C@@H]1C=C[C@H](n2cnc3c(NC4CC4)nc(N)nc32)C1)Oc1ccc(CC(OC)(OC)C(=O)OC)cc1. The number of aromatic nitrogens is 4. The molecule has 254 valence electrons. The molecule has 1 aromatic carbocycles. The first-order valence-corrected chi connectivity index (χ1v) is 16.6. The van der Waals surface area contributed by atoms with Gasteiger partial charge in [0.15, 0.2) is 17.0 Å². The van der Waals surface area contributed by atoms with Gasteiger partial charge in [-0.25, -0.2) is 14.3 Å². The molecule has 0 amide bonds. The van der Waals surface area contributed by atoms with Crippen molar-refractivity contribution in [3.05, 3.63) is 48.3 Å². The molecule has 1 fully saturated rings. The third-order valence-electron chi connectivity index (χ3n) is 7.97. The zero-order chi connectivity index (χ0) is 33.8. The quantitative estimate of drug-likeness (QED) is 0.0866. The van der Waals surface area contributed by atoms with Crippen LogP contribution in [0.5, 0.6) is 5.75 Å². The maximum Gasteiger partial charge on any atom is 0.459 e. The van der Waals surface area contributed by atoms with Crippen LogP contribution in [0.4, 0.5) is 11.8 Å². The summed E-state index contributed by atoms with van der Waals surface area (Å²) in [7, 11) is 1.03. The molecular weight excluding hydrogens is 633 g/mol. The van der Waals surface area contributed by atoms with Gasteiger partial charge in [0.25, 0.3) is 5.79 Å². The Morgan fingerprint density at radius 2 is 1.81 bits per heavy atom. The van der Waals surface area contributed by atoms with Crippen molar-refractivity contribution in [2.24, 2.45) is 5.92 Å². The number of ether oxygens (including phenoxy) is 4. The van der Waals surface area contributed by atoms with Gasteiger partial charge in [0.05, 0.1) is 33.2 Å². The van der Waals surface area contributed by atoms with E-state index in [2.05, 4.69) is 25.4 Å². The van der Waals surface area contributed by atoms with E-state index in [1.807, 2.05) is 16.7 Å². The summed E-state index contributed by atoms with van der Waals surface area (Å²) in [5.74, 6) is -2.16. The largest absolute Gasteiger partial charge is 0.468 e. The number of carbonyl (C=O) groups is 2. The second kappa shape index (κ2) is 14.4. The maximum atomic E-state index is 14.0. The molecule has 17 heteroatoms. The van der Waals surface area contributed by atoms with Crippen LogP contribution < -0.4 is 20.7 Å². The lowest BCUT2D eigenvalue weighted by Crippen LogP contribution is -2.45. The molecule has 2 aliphatic rings. The van der Waals surface area contributed by atoms with Crippen LogP contribution in [0.15, 0.2) is 42.7 Å². The molecule has 47 heavy (non-hydrogen) atoms. The molecule has 1 unspecified atom stereocenters. The molecule has 1 saturated carbocycles. The molecule has 0 bridgehead atoms. The van der Waals surface area contributed by atoms with E-state index in [-0.39, 0.29) is 36.7 Å². The van der Waals surface area contributed by atoms with E-state index in [4.69, 9.17) is 33.7 Å². The monoisotopic (exact) mass is 673 g/mol. The molecule has 2 heterocycles. The van der Waals surface area contributed by atoms with Gasteiger partial charge >= 0.3 is 19.7 Å². The fourth-order valence-electron chi connectivity index (χ4n) is 5.23. The lowest BCUT2D eigenvalue weighted by Gasteiger charge is -2.28. The maximum absolute atomic E-state index is 14.0. The van der Waals surface area contributed by atoms with Gasteiger partial charge < -0.3 is 39.1 Å². The number of hydrogen-bond acceptors (Lipinski definition) is 14. The Morgan fingerprint density at radius 1 is 1.09 bits per heavy atom. The van der Waals surface area contributed by atoms with Crippen molar-refractivity contribution in [3.63, 3.8) is 0 Å². The Labute approximate surface area is 271 Å². The van der Waals surface area contributed by atoms with Gasteiger partial charge in [-0.15, -0.1) is 0 Å². The standard InChI is InChI=1S/C30H40N7O9P/c1-18(27(38)41-2)36-47(40,46-23-12-7-19(8-13-23)15-30(43-4,44-5)28(39)42-3)45-16-20-6-11-22(14-20)37-17-32-24-25(33-21-9-10-21)34-29(31)35-26(24)37/h6-8,11-13,17-18,20-22H,9-10,14-16H2,1-5H3,(H,36,40)(H3,31,33,34,35)/t18-,20+,22-,47?/m0/s1. The number of benzene rings is 1. The fourth-order valence-corrected chi connectivity index (χ4v) is 6.78. The van der Waals surface area contributed by atoms with Gasteiger partial charge in [0.1, 0.15) is 11.8 Å². The predicted molar refractivity (Wildman–Crippen MR) is 170 cm³/mol. The summed E-state index contributed by atoms with van der Waals surface area (Å²) in [5, 5.41) is 6.03. The summed E-state index contributed by atoms with van der Waals surface area (Å²) in [6, 6.07) is 5.68. The van der Waals surface area contributed by atoms with Gasteiger partial charge in [-0.3, -0.25) is 9.32 Å². The summed E-state index contributed by atoms with van der Waals surface area (Å²) in [4.78, 5) is 37.8. The van der Waals surface area contributed by atoms with E-state index < -0.39 is 31.5 Å². The fraction of sp³-hybridized carbons (Fsp3) is 0.500. The van der Waals surface area contributed by atoms with Crippen molar-refractivity contribution in [2.75, 3.05) is 46.1 Å². The minimum absolute atomic E-state index is 0.0187. The van der Waals surface area contributed by atoms with Crippen LogP contribution in [0.3, 0.4) is 0 Å². The molecule has 4 N–H and O–H groups in total. The molecule has 0 radical (unpaired) electrons. The van der Waals surface area contributed by atoms with Gasteiger partial charge in [-0.2, -0.15) is 15.1 Å². The molecule has 0 spiro atoms. The number of esters is 2. The Bertz CT molecular complexity index is 1660. The number of carbonyl (C=O) groups excluding carboxylic acids is 2. The molecule has 2 aliphatic carbocycles. The highest BCUT2D eigenvalue weighted by Gasteiger charge is 2.41. The van der Waals surface area contributed by atoms with E-state index in [1.165, 1.54) is 35.4 Å². The third kappa shape index (κ3) is 7.91. The van der Waals surface area contributed by atoms with E-state index in [0.29, 0.717) is 35.0 Å². The van der Waals surface area contributed by atoms with Gasteiger partial charge in [-0.05, 0) is 43.9 Å². The van der Waals surface area contributed by atoms with Crippen molar-refractivity contribution < 1.29 is 42.1 Å². The van der Waals surface area contributed by atoms with Crippen LogP contribution in [-0.4, -0.2) is 84.4 Å². The van der Waals surface area contributed by atoms with Gasteiger partial charge in [0, 0.05) is 32.6 Å². The molecule has 0 saturated heterocycles. The summed E-state index contributed by atoms with van der Waals surface area (Å²) in [6.45, 7) is 1.51. The number of allylic oxidation sites excluding steroid dienone is 1. The summed E-state index contributed by atoms with van der Waals surface area (Å²) < 4.78 is 47.9. The van der Waals surface area contributed by atoms with Gasteiger partial charge in [0.2, 0.25) is 5.95 Å². The van der Waals surface area contributed by atoms with Crippen molar-refractivity contribution >= 4 is 42.6 Å². The van der Waals surface area contributed by atoms with Crippen LogP contribution in [0.25, 0.3) is 11.2 Å². The number of anilines is 2. The van der Waals surface area contributed by atoms with Crippen LogP contribution >= 0.6 is 7.75 Å². The lowest BCUT2D eigenvalue weighted by molar-refractivity contribution is -0.227. The zero-order valence-corrected chi connectivity index (χ0v) is 27.8. The normalized spacial score (nSPS) is 19.7. The first kappa shape index (κ1) is 34.3. The topological polar surface area (TPSA) is 200 Å². The number of rotatable bonds is 16. The van der Waals surface area contributed by atoms with Crippen LogP contribution in [0.2, 0.25) is 0 Å². The number of imidazole rings is 1. The molecule has 3 aromatic rings. The van der Waals surface area contributed by atoms with Crippen LogP contribution in [0.1, 0.15) is 37.8 Å². The first-order chi connectivity index (χ1) is 22.5. The van der Waals surface area contributed by atoms with E-state index in [0.717, 1.165) is 12.8 Å². The van der Waals surface area contributed by atoms with Crippen molar-refractivity contribution in [1.82, 2.24) is 24.6 Å². The lowest BCUT2D eigenvalue weighted by atomic mass is 10.0. The highest BCUT2D eigenvalue weighted by molar-refractivity contribution is 7.52. The van der Waals surface area contributed by atoms with E-state index in [9.17, 15) is 14.2 Å². The highest BCUT2D eigenvalue weighted by atomic mass is 31.2. The van der Waals surface area contributed by atoms with Crippen LogP contribution in [0, 0.1) is 5.92 Å². The van der Waals surface area contributed by atoms with Crippen LogP contribution in [-0.2, 0) is 44.0 Å². The number of nitrogens with one attached hydrogen (secondary N) is 2. The number of nitrogens with zero attached hydrogens (tertiary/aromatic N) is 4. The molecule has 4 atom stereocenters. The number of nitrogens with two attached hydrogens (primary N) is 1. The molecule has 16 nitrogen and oxygen atoms in total. The summed E-state index contributed by atoms with van der Waals surface area (Å²) >= 11 is 0. The summed E-state index contributed by atoms with van der Waals surface area (Å²) in [6.07, 6.45) is 8.47. The second-order valence-corrected chi connectivity index (χ2v) is 13.0.